The van der Waals surface area contributed by atoms with Crippen LogP contribution in [0, 0.1) is 0 Å². The molecule has 4 aromatic heterocycles. The molecule has 3 atom stereocenters. The van der Waals surface area contributed by atoms with Gasteiger partial charge in [-0.25, -0.2) is 0 Å². The van der Waals surface area contributed by atoms with Gasteiger partial charge in [-0.1, -0.05) is 159 Å². The van der Waals surface area contributed by atoms with Crippen molar-refractivity contribution < 1.29 is 0 Å². The maximum absolute atomic E-state index is 5.68. The van der Waals surface area contributed by atoms with Crippen LogP contribution in [0.15, 0.2) is 164 Å². The first-order valence-electron chi connectivity index (χ1n) is 23.5. The average Bonchev–Trinajstić information content (AvgIpc) is 4.00. The highest BCUT2D eigenvalue weighted by Crippen LogP contribution is 2.78. The molecule has 3 heteroatoms. The second kappa shape index (κ2) is 10.3. The summed E-state index contributed by atoms with van der Waals surface area (Å²) in [5.41, 5.74) is 25.9. The summed E-state index contributed by atoms with van der Waals surface area (Å²) in [7, 11) is 0. The van der Waals surface area contributed by atoms with E-state index in [4.69, 9.17) is 9.97 Å². The van der Waals surface area contributed by atoms with E-state index in [0.29, 0.717) is 0 Å². The summed E-state index contributed by atoms with van der Waals surface area (Å²) in [5, 5.41) is 10.9. The molecule has 7 aliphatic rings. The molecule has 2 bridgehead atoms. The summed E-state index contributed by atoms with van der Waals surface area (Å²) in [6, 6.07) is 58.0. The van der Waals surface area contributed by atoms with E-state index < -0.39 is 0 Å². The van der Waals surface area contributed by atoms with Crippen molar-refractivity contribution in [3.05, 3.63) is 242 Å². The molecule has 4 heterocycles. The Kier molecular flexibility index (Phi) is 5.24. The second-order valence-electron chi connectivity index (χ2n) is 20.5. The van der Waals surface area contributed by atoms with Crippen molar-refractivity contribution >= 4 is 59.6 Å². The number of fused-ring (bicyclic) bond motifs is 23. The fourth-order valence-electron chi connectivity index (χ4n) is 16.0. The zero-order chi connectivity index (χ0) is 42.0. The summed E-state index contributed by atoms with van der Waals surface area (Å²) in [6.45, 7) is 5.03. The molecule has 7 aliphatic carbocycles. The van der Waals surface area contributed by atoms with Crippen molar-refractivity contribution in [2.45, 2.75) is 48.3 Å². The van der Waals surface area contributed by atoms with Gasteiger partial charge in [0.05, 0.1) is 46.2 Å². The van der Waals surface area contributed by atoms with E-state index in [1.54, 1.807) is 0 Å². The SMILES string of the molecule is CC1(C)c2c(c3ccccc3c3ccccc23)-c2cc3c4c5c(ncc4n4c6cnc7c(c6c(c21)c34)C1c2ccccc2C12c1ccccc1C72)C1c2ccccc2C5c2ccccc21. The Bertz CT molecular complexity index is 4270. The predicted octanol–water partition coefficient (Wildman–Crippen LogP) is 14.1. The molecule has 8 aromatic carbocycles. The van der Waals surface area contributed by atoms with Crippen molar-refractivity contribution in [2.75, 3.05) is 0 Å². The Morgan fingerprint density at radius 2 is 0.969 bits per heavy atom. The molecular weight excluding hydrogens is 787 g/mol. The Hall–Kier alpha value is -7.62. The topological polar surface area (TPSA) is 30.2 Å². The van der Waals surface area contributed by atoms with Crippen LogP contribution in [0.3, 0.4) is 0 Å². The molecule has 0 N–H and O–H groups in total. The van der Waals surface area contributed by atoms with Gasteiger partial charge >= 0.3 is 0 Å². The molecule has 3 unspecified atom stereocenters. The first kappa shape index (κ1) is 33.0. The molecular formula is C62H37N3. The van der Waals surface area contributed by atoms with Crippen molar-refractivity contribution in [1.29, 1.82) is 0 Å². The van der Waals surface area contributed by atoms with Crippen molar-refractivity contribution in [3.8, 4) is 11.1 Å². The fraction of sp³-hybridized carbons (Fsp3) is 0.129. The Balaban J connectivity index is 1.07. The summed E-state index contributed by atoms with van der Waals surface area (Å²) >= 11 is 0. The van der Waals surface area contributed by atoms with Crippen LogP contribution in [0.5, 0.6) is 0 Å². The largest absolute Gasteiger partial charge is 0.305 e. The van der Waals surface area contributed by atoms with Gasteiger partial charge < -0.3 is 4.40 Å². The third kappa shape index (κ3) is 3.20. The minimum absolute atomic E-state index is 0.0838. The first-order valence-corrected chi connectivity index (χ1v) is 23.5. The van der Waals surface area contributed by atoms with Crippen LogP contribution in [0.25, 0.3) is 70.8 Å². The van der Waals surface area contributed by atoms with Crippen LogP contribution in [-0.4, -0.2) is 14.4 Å². The molecule has 0 amide bonds. The summed E-state index contributed by atoms with van der Waals surface area (Å²) in [4.78, 5) is 11.3. The normalized spacial score (nSPS) is 22.5. The highest BCUT2D eigenvalue weighted by molar-refractivity contribution is 6.30. The number of nitrogens with zero attached hydrogens (tertiary/aromatic N) is 3. The van der Waals surface area contributed by atoms with Crippen LogP contribution < -0.4 is 0 Å². The number of pyridine rings is 2. The van der Waals surface area contributed by atoms with Gasteiger partial charge in [-0.05, 0) is 105 Å². The van der Waals surface area contributed by atoms with E-state index >= 15 is 0 Å². The van der Waals surface area contributed by atoms with E-state index in [2.05, 4.69) is 182 Å². The van der Waals surface area contributed by atoms with Gasteiger partial charge in [0, 0.05) is 50.1 Å². The zero-order valence-corrected chi connectivity index (χ0v) is 35.7. The lowest BCUT2D eigenvalue weighted by Gasteiger charge is -2.58. The van der Waals surface area contributed by atoms with Crippen molar-refractivity contribution in [3.63, 3.8) is 0 Å². The highest BCUT2D eigenvalue weighted by atomic mass is 15.0. The van der Waals surface area contributed by atoms with Crippen LogP contribution in [0.2, 0.25) is 0 Å². The second-order valence-corrected chi connectivity index (χ2v) is 20.5. The Morgan fingerprint density at radius 3 is 1.65 bits per heavy atom. The quantitative estimate of drug-likeness (QED) is 0.143. The lowest BCUT2D eigenvalue weighted by Crippen LogP contribution is -2.52. The number of aromatic nitrogens is 3. The Morgan fingerprint density at radius 1 is 0.446 bits per heavy atom. The molecule has 19 rings (SSSR count). The molecule has 3 nitrogen and oxygen atoms in total. The number of hydrogen-bond donors (Lipinski definition) is 0. The Labute approximate surface area is 374 Å². The van der Waals surface area contributed by atoms with Gasteiger partial charge in [0.2, 0.25) is 0 Å². The first-order chi connectivity index (χ1) is 32.1. The molecule has 65 heavy (non-hydrogen) atoms. The number of benzene rings is 8. The van der Waals surface area contributed by atoms with Gasteiger partial charge in [0.15, 0.2) is 0 Å². The number of hydrogen-bond acceptors (Lipinski definition) is 2. The molecule has 0 aliphatic heterocycles. The maximum atomic E-state index is 5.68. The van der Waals surface area contributed by atoms with E-state index in [1.807, 2.05) is 0 Å². The molecule has 0 saturated heterocycles. The fourth-order valence-corrected chi connectivity index (χ4v) is 16.0. The summed E-state index contributed by atoms with van der Waals surface area (Å²) < 4.78 is 2.62. The van der Waals surface area contributed by atoms with Crippen LogP contribution >= 0.6 is 0 Å². The minimum atomic E-state index is -0.304. The smallest absolute Gasteiger partial charge is 0.0728 e. The lowest BCUT2D eigenvalue weighted by atomic mass is 9.43. The predicted molar refractivity (Wildman–Crippen MR) is 261 cm³/mol. The van der Waals surface area contributed by atoms with Gasteiger partial charge in [-0.15, -0.1) is 0 Å². The highest BCUT2D eigenvalue weighted by Gasteiger charge is 2.70. The summed E-state index contributed by atoms with van der Waals surface area (Å²) in [6.07, 6.45) is 4.50. The third-order valence-electron chi connectivity index (χ3n) is 17.9. The number of rotatable bonds is 0. The average molecular weight is 824 g/mol. The lowest BCUT2D eigenvalue weighted by molar-refractivity contribution is 0.331. The summed E-state index contributed by atoms with van der Waals surface area (Å²) in [5.74, 6) is 0.674. The van der Waals surface area contributed by atoms with Gasteiger partial charge in [0.25, 0.3) is 0 Å². The minimum Gasteiger partial charge on any atom is -0.305 e. The van der Waals surface area contributed by atoms with E-state index in [9.17, 15) is 0 Å². The van der Waals surface area contributed by atoms with Crippen LogP contribution in [0.4, 0.5) is 0 Å². The van der Waals surface area contributed by atoms with Gasteiger partial charge in [-0.2, -0.15) is 0 Å². The van der Waals surface area contributed by atoms with Crippen molar-refractivity contribution in [2.24, 2.45) is 0 Å². The zero-order valence-electron chi connectivity index (χ0n) is 35.7. The third-order valence-corrected chi connectivity index (χ3v) is 17.9. The van der Waals surface area contributed by atoms with Crippen LogP contribution in [0.1, 0.15) is 116 Å². The molecule has 1 spiro atoms. The molecule has 12 aromatic rings. The van der Waals surface area contributed by atoms with Crippen molar-refractivity contribution in [1.82, 2.24) is 14.4 Å². The van der Waals surface area contributed by atoms with Gasteiger partial charge in [0.1, 0.15) is 0 Å². The van der Waals surface area contributed by atoms with E-state index in [0.717, 1.165) is 0 Å². The maximum Gasteiger partial charge on any atom is 0.0728 e. The van der Waals surface area contributed by atoms with E-state index in [-0.39, 0.29) is 34.5 Å². The molecule has 300 valence electrons. The molecule has 0 fully saturated rings. The monoisotopic (exact) mass is 823 g/mol. The standard InChI is InChI=1S/C62H37N3/c1-61(2)54-37-22-10-4-16-31(37)30-15-3-5-17-32(30)47(54)40-27-41-49-44(28-63-58-48-35-20-8-6-18-33(35)46(51(49)58)34-19-7-9-21-36(34)48)65-45-29-64-59-52(50(45)53(55(40)61)60(41)65)56-38-23-11-13-25-42(38)62(56)43-26-14-12-24-39(43)57(59)62/h3-29,46,48,56-57H,1-2H3. The van der Waals surface area contributed by atoms with Crippen LogP contribution in [-0.2, 0) is 10.8 Å². The van der Waals surface area contributed by atoms with Gasteiger partial charge in [-0.3, -0.25) is 9.97 Å². The van der Waals surface area contributed by atoms with E-state index in [1.165, 1.54) is 149 Å². The molecule has 0 radical (unpaired) electrons. The molecule has 0 saturated carbocycles.